The van der Waals surface area contributed by atoms with Gasteiger partial charge in [-0.3, -0.25) is 4.79 Å². The van der Waals surface area contributed by atoms with Crippen molar-refractivity contribution >= 4 is 27.6 Å². The predicted octanol–water partition coefficient (Wildman–Crippen LogP) is 5.58. The first-order chi connectivity index (χ1) is 16.4. The molecule has 2 aliphatic rings. The van der Waals surface area contributed by atoms with Crippen molar-refractivity contribution in [1.82, 2.24) is 8.87 Å². The first-order valence-corrected chi connectivity index (χ1v) is 14.2. The topological polar surface area (TPSA) is 68.6 Å². The number of carbonyl (C=O) groups is 1. The Morgan fingerprint density at radius 1 is 1.23 bits per heavy atom. The van der Waals surface area contributed by atoms with Crippen molar-refractivity contribution in [2.75, 3.05) is 19.7 Å². The second-order valence-electron chi connectivity index (χ2n) is 10.0. The molecular formula is C26H33FN2O4S2. The monoisotopic (exact) mass is 520 g/mol. The highest BCUT2D eigenvalue weighted by Crippen LogP contribution is 2.45. The molecule has 35 heavy (non-hydrogen) atoms. The average molecular weight is 521 g/mol. The number of nitrogens with zero attached hydrogens (tertiary/aromatic N) is 2. The van der Waals surface area contributed by atoms with Gasteiger partial charge in [0.2, 0.25) is 10.0 Å². The summed E-state index contributed by atoms with van der Waals surface area (Å²) in [6.07, 6.45) is 2.70. The summed E-state index contributed by atoms with van der Waals surface area (Å²) in [4.78, 5) is 14.5. The molecule has 4 rings (SSSR count). The summed E-state index contributed by atoms with van der Waals surface area (Å²) in [5.41, 5.74) is 2.20. The first-order valence-electron chi connectivity index (χ1n) is 12.0. The van der Waals surface area contributed by atoms with Crippen molar-refractivity contribution in [3.8, 4) is 0 Å². The van der Waals surface area contributed by atoms with E-state index in [0.29, 0.717) is 60.2 Å². The maximum absolute atomic E-state index is 14.2. The minimum Gasteiger partial charge on any atom is -0.497 e. The van der Waals surface area contributed by atoms with Gasteiger partial charge in [0.05, 0.1) is 23.6 Å². The number of allylic oxidation sites excluding steroid dienone is 1. The van der Waals surface area contributed by atoms with Crippen molar-refractivity contribution in [2.24, 2.45) is 5.41 Å². The van der Waals surface area contributed by atoms with Gasteiger partial charge in [-0.25, -0.2) is 12.8 Å². The molecule has 0 bridgehead atoms. The molecule has 0 spiro atoms. The predicted molar refractivity (Wildman–Crippen MR) is 135 cm³/mol. The minimum atomic E-state index is -3.85. The zero-order valence-electron chi connectivity index (χ0n) is 20.8. The number of ether oxygens (including phenoxy) is 1. The smallest absolute Gasteiger partial charge is 0.244 e. The van der Waals surface area contributed by atoms with Gasteiger partial charge in [-0.05, 0) is 56.7 Å². The van der Waals surface area contributed by atoms with Crippen LogP contribution in [0.1, 0.15) is 61.8 Å². The number of halogens is 1. The van der Waals surface area contributed by atoms with Gasteiger partial charge in [-0.15, -0.1) is 0 Å². The minimum absolute atomic E-state index is 0.0358. The number of carbonyl (C=O) groups excluding carboxylic acids is 1. The van der Waals surface area contributed by atoms with Crippen molar-refractivity contribution in [3.63, 3.8) is 0 Å². The molecule has 0 atom stereocenters. The third kappa shape index (κ3) is 5.08. The van der Waals surface area contributed by atoms with Crippen LogP contribution >= 0.6 is 11.8 Å². The maximum atomic E-state index is 14.2. The second-order valence-corrected chi connectivity index (χ2v) is 13.0. The lowest BCUT2D eigenvalue weighted by Crippen LogP contribution is -2.28. The summed E-state index contributed by atoms with van der Waals surface area (Å²) in [6.45, 7) is 13.8. The number of ketones is 1. The van der Waals surface area contributed by atoms with Gasteiger partial charge in [-0.1, -0.05) is 32.2 Å². The summed E-state index contributed by atoms with van der Waals surface area (Å²) in [5, 5.41) is 0. The van der Waals surface area contributed by atoms with Gasteiger partial charge < -0.3 is 9.30 Å². The van der Waals surface area contributed by atoms with E-state index < -0.39 is 15.8 Å². The fraction of sp³-hybridized carbons (Fsp3) is 0.500. The van der Waals surface area contributed by atoms with E-state index in [1.165, 1.54) is 28.2 Å². The SMILES string of the molecule is C=C(Cn1c(C)c(Sc2ccc(F)cc2S(=O)(=O)N2CCCC2)c2c1CC(C)(C)CC2=O)OCC. The summed E-state index contributed by atoms with van der Waals surface area (Å²) < 4.78 is 50.1. The Bertz CT molecular complexity index is 1270. The van der Waals surface area contributed by atoms with E-state index in [2.05, 4.69) is 25.0 Å². The average Bonchev–Trinajstić information content (AvgIpc) is 3.39. The molecule has 2 aromatic rings. The summed E-state index contributed by atoms with van der Waals surface area (Å²) >= 11 is 1.23. The van der Waals surface area contributed by atoms with E-state index in [4.69, 9.17) is 4.74 Å². The molecule has 1 fully saturated rings. The molecular weight excluding hydrogens is 487 g/mol. The van der Waals surface area contributed by atoms with E-state index in [0.717, 1.165) is 30.3 Å². The van der Waals surface area contributed by atoms with E-state index in [1.54, 1.807) is 0 Å². The van der Waals surface area contributed by atoms with Crippen LogP contribution in [0.4, 0.5) is 4.39 Å². The van der Waals surface area contributed by atoms with E-state index >= 15 is 0 Å². The van der Waals surface area contributed by atoms with Crippen LogP contribution < -0.4 is 0 Å². The third-order valence-electron chi connectivity index (χ3n) is 6.62. The Labute approximate surface area is 211 Å². The van der Waals surface area contributed by atoms with Gasteiger partial charge >= 0.3 is 0 Å². The molecule has 6 nitrogen and oxygen atoms in total. The van der Waals surface area contributed by atoms with Crippen LogP contribution in [0.2, 0.25) is 0 Å². The molecule has 0 saturated carbocycles. The Morgan fingerprint density at radius 2 is 1.91 bits per heavy atom. The van der Waals surface area contributed by atoms with Gasteiger partial charge in [0.25, 0.3) is 0 Å². The number of aromatic nitrogens is 1. The molecule has 2 heterocycles. The lowest BCUT2D eigenvalue weighted by Gasteiger charge is -2.30. The Morgan fingerprint density at radius 3 is 2.57 bits per heavy atom. The molecule has 0 unspecified atom stereocenters. The van der Waals surface area contributed by atoms with Gasteiger partial charge in [0.1, 0.15) is 11.6 Å². The molecule has 1 aromatic heterocycles. The Balaban J connectivity index is 1.83. The zero-order chi connectivity index (χ0) is 25.5. The highest BCUT2D eigenvalue weighted by molar-refractivity contribution is 8.00. The van der Waals surface area contributed by atoms with Crippen molar-refractivity contribution < 1.29 is 22.3 Å². The molecule has 9 heteroatoms. The largest absolute Gasteiger partial charge is 0.497 e. The quantitative estimate of drug-likeness (QED) is 0.425. The van der Waals surface area contributed by atoms with Gasteiger partial charge in [0, 0.05) is 40.7 Å². The fourth-order valence-corrected chi connectivity index (χ4v) is 8.14. The fourth-order valence-electron chi connectivity index (χ4n) is 4.99. The summed E-state index contributed by atoms with van der Waals surface area (Å²) in [6, 6.07) is 3.87. The number of hydrogen-bond donors (Lipinski definition) is 0. The van der Waals surface area contributed by atoms with Crippen LogP contribution in [0.5, 0.6) is 0 Å². The normalized spacial score (nSPS) is 18.0. The van der Waals surface area contributed by atoms with Crippen LogP contribution in [0.3, 0.4) is 0 Å². The zero-order valence-corrected chi connectivity index (χ0v) is 22.5. The van der Waals surface area contributed by atoms with Crippen molar-refractivity contribution in [1.29, 1.82) is 0 Å². The molecule has 0 N–H and O–H groups in total. The van der Waals surface area contributed by atoms with E-state index in [-0.39, 0.29) is 16.1 Å². The lowest BCUT2D eigenvalue weighted by molar-refractivity contribution is 0.0906. The third-order valence-corrected chi connectivity index (χ3v) is 9.97. The first kappa shape index (κ1) is 26.0. The maximum Gasteiger partial charge on any atom is 0.244 e. The summed E-state index contributed by atoms with van der Waals surface area (Å²) in [7, 11) is -3.85. The number of benzene rings is 1. The van der Waals surface area contributed by atoms with Crippen LogP contribution in [-0.4, -0.2) is 42.8 Å². The number of hydrogen-bond acceptors (Lipinski definition) is 5. The Kier molecular flexibility index (Phi) is 7.23. The van der Waals surface area contributed by atoms with Crippen LogP contribution in [0, 0.1) is 18.2 Å². The second kappa shape index (κ2) is 9.75. The molecule has 0 amide bonds. The van der Waals surface area contributed by atoms with Gasteiger partial charge in [-0.2, -0.15) is 4.31 Å². The molecule has 1 saturated heterocycles. The van der Waals surface area contributed by atoms with Crippen LogP contribution in [-0.2, 0) is 27.7 Å². The number of rotatable bonds is 8. The molecule has 190 valence electrons. The van der Waals surface area contributed by atoms with Crippen molar-refractivity contribution in [2.45, 2.75) is 74.6 Å². The van der Waals surface area contributed by atoms with Gasteiger partial charge in [0.15, 0.2) is 5.78 Å². The van der Waals surface area contributed by atoms with E-state index in [1.807, 2.05) is 13.8 Å². The van der Waals surface area contributed by atoms with E-state index in [9.17, 15) is 17.6 Å². The molecule has 1 aliphatic heterocycles. The highest BCUT2D eigenvalue weighted by Gasteiger charge is 2.38. The number of Topliss-reactive ketones (excluding diaryl/α,β-unsaturated/α-hetero) is 1. The standard InChI is InChI=1S/C26H33FN2O4S2/c1-6-33-17(2)16-29-18(3)25(24-20(29)14-26(4,5)15-21(24)30)34-22-10-9-19(27)13-23(22)35(31,32)28-11-7-8-12-28/h9-10,13H,2,6-8,11-12,14-16H2,1,3-5H3. The molecule has 1 aliphatic carbocycles. The summed E-state index contributed by atoms with van der Waals surface area (Å²) in [5.74, 6) is 0.0304. The van der Waals surface area contributed by atoms with Crippen LogP contribution in [0.15, 0.2) is 45.2 Å². The lowest BCUT2D eigenvalue weighted by atomic mass is 9.76. The number of sulfonamides is 1. The van der Waals surface area contributed by atoms with Crippen LogP contribution in [0.25, 0.3) is 0 Å². The number of fused-ring (bicyclic) bond motifs is 1. The highest BCUT2D eigenvalue weighted by atomic mass is 32.2. The van der Waals surface area contributed by atoms with Crippen molar-refractivity contribution in [3.05, 3.63) is 53.3 Å². The Hall–Kier alpha value is -2.10. The molecule has 1 aromatic carbocycles. The molecule has 0 radical (unpaired) electrons.